The van der Waals surface area contributed by atoms with Crippen LogP contribution in [-0.4, -0.2) is 21.7 Å². The maximum absolute atomic E-state index is 9.13. The molecule has 1 heterocycles. The number of aromatic nitrogens is 2. The average molecular weight is 264 g/mol. The lowest BCUT2D eigenvalue weighted by Crippen LogP contribution is -2.13. The molecule has 0 spiro atoms. The molecule has 0 aliphatic carbocycles. The summed E-state index contributed by atoms with van der Waals surface area (Å²) in [6, 6.07) is 9.88. The quantitative estimate of drug-likeness (QED) is 0.871. The molecule has 1 aromatic carbocycles. The second kappa shape index (κ2) is 6.33. The molecule has 0 fully saturated rings. The summed E-state index contributed by atoms with van der Waals surface area (Å²) in [7, 11) is 0. The van der Waals surface area contributed by atoms with E-state index in [0.717, 1.165) is 5.56 Å². The van der Waals surface area contributed by atoms with Crippen molar-refractivity contribution in [2.75, 3.05) is 11.9 Å². The topological polar surface area (TPSA) is 58.0 Å². The van der Waals surface area contributed by atoms with Gasteiger partial charge in [0.25, 0.3) is 0 Å². The third kappa shape index (κ3) is 3.42. The van der Waals surface area contributed by atoms with Crippen LogP contribution in [0.25, 0.3) is 0 Å². The van der Waals surface area contributed by atoms with Crippen LogP contribution in [0, 0.1) is 0 Å². The first-order valence-electron chi connectivity index (χ1n) is 5.69. The smallest absolute Gasteiger partial charge is 0.149 e. The monoisotopic (exact) mass is 263 g/mol. The summed E-state index contributed by atoms with van der Waals surface area (Å²) in [5, 5.41) is 12.7. The first-order valence-corrected chi connectivity index (χ1v) is 6.07. The Labute approximate surface area is 111 Å². The van der Waals surface area contributed by atoms with Crippen LogP contribution >= 0.6 is 11.6 Å². The largest absolute Gasteiger partial charge is 0.396 e. The number of hydrogen-bond donors (Lipinski definition) is 2. The molecule has 1 atom stereocenters. The van der Waals surface area contributed by atoms with Crippen LogP contribution in [0.5, 0.6) is 0 Å². The zero-order valence-electron chi connectivity index (χ0n) is 9.75. The zero-order valence-corrected chi connectivity index (χ0v) is 10.5. The second-order valence-electron chi connectivity index (χ2n) is 3.85. The molecule has 0 bridgehead atoms. The van der Waals surface area contributed by atoms with Crippen molar-refractivity contribution in [3.63, 3.8) is 0 Å². The Morgan fingerprint density at radius 2 is 2.00 bits per heavy atom. The van der Waals surface area contributed by atoms with E-state index in [-0.39, 0.29) is 12.6 Å². The van der Waals surface area contributed by atoms with Crippen molar-refractivity contribution < 1.29 is 5.11 Å². The van der Waals surface area contributed by atoms with Crippen LogP contribution in [0.1, 0.15) is 18.0 Å². The van der Waals surface area contributed by atoms with E-state index < -0.39 is 0 Å². The van der Waals surface area contributed by atoms with Crippen LogP contribution < -0.4 is 5.32 Å². The fourth-order valence-corrected chi connectivity index (χ4v) is 1.87. The number of rotatable bonds is 5. The highest BCUT2D eigenvalue weighted by Gasteiger charge is 2.11. The second-order valence-corrected chi connectivity index (χ2v) is 4.23. The molecule has 5 heteroatoms. The molecule has 0 saturated heterocycles. The van der Waals surface area contributed by atoms with Crippen molar-refractivity contribution in [3.05, 3.63) is 53.4 Å². The first-order chi connectivity index (χ1) is 8.79. The van der Waals surface area contributed by atoms with Gasteiger partial charge in [0.05, 0.1) is 18.4 Å². The molecule has 2 rings (SSSR count). The van der Waals surface area contributed by atoms with Crippen LogP contribution in [0.15, 0.2) is 42.7 Å². The van der Waals surface area contributed by atoms with Crippen molar-refractivity contribution in [2.24, 2.45) is 0 Å². The number of halogens is 1. The third-order valence-electron chi connectivity index (χ3n) is 2.55. The lowest BCUT2D eigenvalue weighted by Gasteiger charge is -2.18. The Morgan fingerprint density at radius 3 is 2.67 bits per heavy atom. The Bertz CT molecular complexity index is 493. The maximum Gasteiger partial charge on any atom is 0.149 e. The predicted molar refractivity (Wildman–Crippen MR) is 71.6 cm³/mol. The Balaban J connectivity index is 2.16. The van der Waals surface area contributed by atoms with Gasteiger partial charge in [-0.05, 0) is 12.0 Å². The Hall–Kier alpha value is -1.65. The van der Waals surface area contributed by atoms with E-state index in [0.29, 0.717) is 17.4 Å². The standard InChI is InChI=1S/C13H14ClN3O/c14-12-8-15-9-13(17-12)16-11(6-7-18)10-4-2-1-3-5-10/h1-5,8-9,11,18H,6-7H2,(H,16,17)/t11-/m1/s1. The van der Waals surface area contributed by atoms with E-state index in [1.807, 2.05) is 30.3 Å². The summed E-state index contributed by atoms with van der Waals surface area (Å²) in [6.45, 7) is 0.0978. The van der Waals surface area contributed by atoms with Gasteiger partial charge in [-0.3, -0.25) is 4.98 Å². The van der Waals surface area contributed by atoms with E-state index >= 15 is 0 Å². The first kappa shape index (κ1) is 12.8. The van der Waals surface area contributed by atoms with E-state index in [2.05, 4.69) is 15.3 Å². The van der Waals surface area contributed by atoms with Gasteiger partial charge in [-0.15, -0.1) is 0 Å². The Morgan fingerprint density at radius 1 is 1.22 bits per heavy atom. The van der Waals surface area contributed by atoms with Crippen LogP contribution in [0.4, 0.5) is 5.82 Å². The number of aliphatic hydroxyl groups is 1. The molecule has 0 unspecified atom stereocenters. The zero-order chi connectivity index (χ0) is 12.8. The van der Waals surface area contributed by atoms with Gasteiger partial charge in [0.2, 0.25) is 0 Å². The summed E-state index contributed by atoms with van der Waals surface area (Å²) < 4.78 is 0. The number of anilines is 1. The van der Waals surface area contributed by atoms with Gasteiger partial charge in [0.1, 0.15) is 11.0 Å². The van der Waals surface area contributed by atoms with Gasteiger partial charge in [0.15, 0.2) is 0 Å². The number of nitrogens with one attached hydrogen (secondary N) is 1. The van der Waals surface area contributed by atoms with Crippen molar-refractivity contribution >= 4 is 17.4 Å². The fourth-order valence-electron chi connectivity index (χ4n) is 1.73. The minimum Gasteiger partial charge on any atom is -0.396 e. The van der Waals surface area contributed by atoms with Crippen LogP contribution in [0.2, 0.25) is 5.15 Å². The summed E-state index contributed by atoms with van der Waals surface area (Å²) in [5.41, 5.74) is 1.09. The summed E-state index contributed by atoms with van der Waals surface area (Å²) in [4.78, 5) is 8.10. The third-order valence-corrected chi connectivity index (χ3v) is 2.73. The molecule has 94 valence electrons. The van der Waals surface area contributed by atoms with E-state index in [9.17, 15) is 0 Å². The highest BCUT2D eigenvalue weighted by atomic mass is 35.5. The molecule has 2 N–H and O–H groups in total. The van der Waals surface area contributed by atoms with Crippen molar-refractivity contribution in [2.45, 2.75) is 12.5 Å². The lowest BCUT2D eigenvalue weighted by molar-refractivity contribution is 0.280. The number of nitrogens with zero attached hydrogens (tertiary/aromatic N) is 2. The number of hydrogen-bond acceptors (Lipinski definition) is 4. The number of aliphatic hydroxyl groups excluding tert-OH is 1. The average Bonchev–Trinajstić information content (AvgIpc) is 2.39. The molecular weight excluding hydrogens is 250 g/mol. The summed E-state index contributed by atoms with van der Waals surface area (Å²) in [5.74, 6) is 0.602. The van der Waals surface area contributed by atoms with Gasteiger partial charge in [0, 0.05) is 6.61 Å². The predicted octanol–water partition coefficient (Wildman–Crippen LogP) is 2.67. The van der Waals surface area contributed by atoms with E-state index in [1.165, 1.54) is 6.20 Å². The minimum atomic E-state index is -0.0102. The number of benzene rings is 1. The highest BCUT2D eigenvalue weighted by molar-refractivity contribution is 6.29. The van der Waals surface area contributed by atoms with Crippen LogP contribution in [-0.2, 0) is 0 Å². The molecule has 1 aromatic heterocycles. The Kier molecular flexibility index (Phi) is 4.50. The lowest BCUT2D eigenvalue weighted by atomic mass is 10.0. The SMILES string of the molecule is OCC[C@@H](Nc1cncc(Cl)n1)c1ccccc1. The van der Waals surface area contributed by atoms with Crippen LogP contribution in [0.3, 0.4) is 0 Å². The van der Waals surface area contributed by atoms with Crippen molar-refractivity contribution in [1.29, 1.82) is 0 Å². The van der Waals surface area contributed by atoms with Gasteiger partial charge in [-0.1, -0.05) is 41.9 Å². The van der Waals surface area contributed by atoms with Gasteiger partial charge in [-0.2, -0.15) is 0 Å². The molecule has 2 aromatic rings. The van der Waals surface area contributed by atoms with Gasteiger partial charge >= 0.3 is 0 Å². The van der Waals surface area contributed by atoms with E-state index in [4.69, 9.17) is 16.7 Å². The van der Waals surface area contributed by atoms with Crippen molar-refractivity contribution in [1.82, 2.24) is 9.97 Å². The molecule has 0 amide bonds. The molecule has 0 aliphatic rings. The molecule has 4 nitrogen and oxygen atoms in total. The van der Waals surface area contributed by atoms with Gasteiger partial charge in [-0.25, -0.2) is 4.98 Å². The van der Waals surface area contributed by atoms with Crippen molar-refractivity contribution in [3.8, 4) is 0 Å². The fraction of sp³-hybridized carbons (Fsp3) is 0.231. The molecule has 18 heavy (non-hydrogen) atoms. The summed E-state index contributed by atoms with van der Waals surface area (Å²) >= 11 is 5.79. The minimum absolute atomic E-state index is 0.0102. The van der Waals surface area contributed by atoms with E-state index in [1.54, 1.807) is 6.20 Å². The molecule has 0 saturated carbocycles. The maximum atomic E-state index is 9.13. The highest BCUT2D eigenvalue weighted by Crippen LogP contribution is 2.21. The van der Waals surface area contributed by atoms with Gasteiger partial charge < -0.3 is 10.4 Å². The summed E-state index contributed by atoms with van der Waals surface area (Å²) in [6.07, 6.45) is 3.69. The molecule has 0 radical (unpaired) electrons. The molecule has 0 aliphatic heterocycles. The molecular formula is C13H14ClN3O. The normalized spacial score (nSPS) is 12.1.